The Kier molecular flexibility index (Phi) is 5.55. The van der Waals surface area contributed by atoms with Crippen LogP contribution in [0.1, 0.15) is 36.5 Å². The highest BCUT2D eigenvalue weighted by molar-refractivity contribution is 5.92. The zero-order valence-corrected chi connectivity index (χ0v) is 15.8. The van der Waals surface area contributed by atoms with Gasteiger partial charge in [0.1, 0.15) is 11.4 Å². The number of fused-ring (bicyclic) bond motifs is 1. The van der Waals surface area contributed by atoms with Crippen molar-refractivity contribution in [1.82, 2.24) is 0 Å². The molecule has 0 spiro atoms. The number of ether oxygens (including phenoxy) is 1. The molecule has 1 N–H and O–H groups in total. The topological polar surface area (TPSA) is 49.8 Å². The van der Waals surface area contributed by atoms with Gasteiger partial charge in [-0.15, -0.1) is 0 Å². The van der Waals surface area contributed by atoms with E-state index in [4.69, 9.17) is 4.74 Å². The molecule has 0 fully saturated rings. The first-order valence-corrected chi connectivity index (χ1v) is 8.96. The van der Waals surface area contributed by atoms with E-state index >= 15 is 0 Å². The average Bonchev–Trinajstić information content (AvgIpc) is 2.65. The standard InChI is InChI=1S/C21H19F4NO3/c1-3-29-19-18(20(27)28)12(2)16-9-6-14(21(23,24)25)10-17(16)26(19)11-13-4-7-15(22)8-5-13/h4-10,12H,3,11H2,1-2H3,(H,27,28). The number of carboxylic acid groups (broad SMARTS) is 1. The summed E-state index contributed by atoms with van der Waals surface area (Å²) in [6.07, 6.45) is -4.55. The zero-order chi connectivity index (χ0) is 21.3. The summed E-state index contributed by atoms with van der Waals surface area (Å²) >= 11 is 0. The summed E-state index contributed by atoms with van der Waals surface area (Å²) in [5.74, 6) is -2.34. The van der Waals surface area contributed by atoms with Crippen molar-refractivity contribution in [2.45, 2.75) is 32.5 Å². The molecule has 1 aliphatic rings. The number of benzene rings is 2. The quantitative estimate of drug-likeness (QED) is 0.681. The van der Waals surface area contributed by atoms with Gasteiger partial charge in [-0.3, -0.25) is 0 Å². The first kappa shape index (κ1) is 20.7. The van der Waals surface area contributed by atoms with Crippen molar-refractivity contribution in [2.24, 2.45) is 0 Å². The first-order valence-electron chi connectivity index (χ1n) is 8.96. The molecule has 0 bridgehead atoms. The third-order valence-corrected chi connectivity index (χ3v) is 4.79. The van der Waals surface area contributed by atoms with Crippen LogP contribution < -0.4 is 4.90 Å². The van der Waals surface area contributed by atoms with E-state index in [1.165, 1.54) is 35.2 Å². The molecule has 2 aromatic rings. The summed E-state index contributed by atoms with van der Waals surface area (Å²) in [5.41, 5.74) is 0.362. The number of carboxylic acids is 1. The van der Waals surface area contributed by atoms with E-state index in [-0.39, 0.29) is 30.3 Å². The number of nitrogens with zero attached hydrogens (tertiary/aromatic N) is 1. The van der Waals surface area contributed by atoms with E-state index in [9.17, 15) is 27.5 Å². The smallest absolute Gasteiger partial charge is 0.416 e. The van der Waals surface area contributed by atoms with Gasteiger partial charge in [0.2, 0.25) is 5.88 Å². The fourth-order valence-electron chi connectivity index (χ4n) is 3.41. The van der Waals surface area contributed by atoms with Crippen molar-refractivity contribution in [1.29, 1.82) is 0 Å². The summed E-state index contributed by atoms with van der Waals surface area (Å²) in [6, 6.07) is 8.68. The maximum absolute atomic E-state index is 13.3. The van der Waals surface area contributed by atoms with Gasteiger partial charge in [-0.2, -0.15) is 13.2 Å². The summed E-state index contributed by atoms with van der Waals surface area (Å²) in [7, 11) is 0. The maximum Gasteiger partial charge on any atom is 0.416 e. The molecule has 8 heteroatoms. The number of hydrogen-bond acceptors (Lipinski definition) is 3. The molecule has 0 saturated carbocycles. The molecular weight excluding hydrogens is 390 g/mol. The Bertz CT molecular complexity index is 951. The van der Waals surface area contributed by atoms with E-state index in [0.29, 0.717) is 11.1 Å². The summed E-state index contributed by atoms with van der Waals surface area (Å²) in [4.78, 5) is 13.3. The van der Waals surface area contributed by atoms with Crippen molar-refractivity contribution in [3.63, 3.8) is 0 Å². The number of halogens is 4. The maximum atomic E-state index is 13.3. The van der Waals surface area contributed by atoms with Gasteiger partial charge in [0.15, 0.2) is 0 Å². The number of carbonyl (C=O) groups is 1. The first-order chi connectivity index (χ1) is 13.6. The minimum Gasteiger partial charge on any atom is -0.479 e. The van der Waals surface area contributed by atoms with Gasteiger partial charge in [-0.25, -0.2) is 9.18 Å². The second-order valence-electron chi connectivity index (χ2n) is 6.66. The van der Waals surface area contributed by atoms with Crippen LogP contribution in [-0.2, 0) is 22.3 Å². The van der Waals surface area contributed by atoms with Gasteiger partial charge in [0.05, 0.1) is 18.7 Å². The van der Waals surface area contributed by atoms with Gasteiger partial charge >= 0.3 is 12.1 Å². The molecular formula is C21H19F4NO3. The fraction of sp³-hybridized carbons (Fsp3) is 0.286. The fourth-order valence-corrected chi connectivity index (χ4v) is 3.41. The molecule has 4 nitrogen and oxygen atoms in total. The van der Waals surface area contributed by atoms with Crippen molar-refractivity contribution < 1.29 is 32.2 Å². The molecule has 29 heavy (non-hydrogen) atoms. The number of rotatable bonds is 5. The van der Waals surface area contributed by atoms with Crippen molar-refractivity contribution >= 4 is 11.7 Å². The lowest BCUT2D eigenvalue weighted by Crippen LogP contribution is -2.33. The molecule has 0 radical (unpaired) electrons. The van der Waals surface area contributed by atoms with Gasteiger partial charge in [-0.05, 0) is 42.3 Å². The highest BCUT2D eigenvalue weighted by atomic mass is 19.4. The van der Waals surface area contributed by atoms with Crippen LogP contribution in [0.4, 0.5) is 23.2 Å². The largest absolute Gasteiger partial charge is 0.479 e. The van der Waals surface area contributed by atoms with Crippen LogP contribution in [0, 0.1) is 5.82 Å². The molecule has 3 rings (SSSR count). The van der Waals surface area contributed by atoms with E-state index < -0.39 is 29.4 Å². The van der Waals surface area contributed by atoms with E-state index in [1.807, 2.05) is 0 Å². The lowest BCUT2D eigenvalue weighted by atomic mass is 9.87. The van der Waals surface area contributed by atoms with Crippen LogP contribution in [0.15, 0.2) is 53.9 Å². The lowest BCUT2D eigenvalue weighted by molar-refractivity contribution is -0.137. The predicted molar refractivity (Wildman–Crippen MR) is 98.7 cm³/mol. The third kappa shape index (κ3) is 4.06. The van der Waals surface area contributed by atoms with Gasteiger partial charge in [0.25, 0.3) is 0 Å². The second-order valence-corrected chi connectivity index (χ2v) is 6.66. The Hall–Kier alpha value is -3.03. The molecule has 2 aromatic carbocycles. The highest BCUT2D eigenvalue weighted by Crippen LogP contribution is 2.44. The van der Waals surface area contributed by atoms with Crippen LogP contribution >= 0.6 is 0 Å². The lowest BCUT2D eigenvalue weighted by Gasteiger charge is -2.37. The Morgan fingerprint density at radius 3 is 2.38 bits per heavy atom. The minimum absolute atomic E-state index is 0.0105. The van der Waals surface area contributed by atoms with E-state index in [1.54, 1.807) is 13.8 Å². The van der Waals surface area contributed by atoms with Crippen molar-refractivity contribution in [2.75, 3.05) is 11.5 Å². The summed E-state index contributed by atoms with van der Waals surface area (Å²) in [5, 5.41) is 9.74. The molecule has 154 valence electrons. The third-order valence-electron chi connectivity index (χ3n) is 4.79. The summed E-state index contributed by atoms with van der Waals surface area (Å²) < 4.78 is 58.8. The molecule has 1 atom stereocenters. The van der Waals surface area contributed by atoms with E-state index in [0.717, 1.165) is 12.1 Å². The predicted octanol–water partition coefficient (Wildman–Crippen LogP) is 5.30. The van der Waals surface area contributed by atoms with Crippen LogP contribution in [0.5, 0.6) is 0 Å². The minimum atomic E-state index is -4.55. The number of anilines is 1. The van der Waals surface area contributed by atoms with Gasteiger partial charge in [-0.1, -0.05) is 25.1 Å². The van der Waals surface area contributed by atoms with Crippen LogP contribution in [-0.4, -0.2) is 17.7 Å². The van der Waals surface area contributed by atoms with Gasteiger partial charge < -0.3 is 14.7 Å². The SMILES string of the molecule is CCOC1=C(C(=O)O)C(C)c2ccc(C(F)(F)F)cc2N1Cc1ccc(F)cc1. The summed E-state index contributed by atoms with van der Waals surface area (Å²) in [6.45, 7) is 3.43. The van der Waals surface area contributed by atoms with Crippen LogP contribution in [0.2, 0.25) is 0 Å². The number of aliphatic carboxylic acids is 1. The average molecular weight is 409 g/mol. The van der Waals surface area contributed by atoms with Crippen LogP contribution in [0.25, 0.3) is 0 Å². The molecule has 0 aliphatic carbocycles. The molecule has 0 saturated heterocycles. The molecule has 1 aliphatic heterocycles. The Balaban J connectivity index is 2.20. The second kappa shape index (κ2) is 7.77. The van der Waals surface area contributed by atoms with E-state index in [2.05, 4.69) is 0 Å². The van der Waals surface area contributed by atoms with Crippen molar-refractivity contribution in [3.8, 4) is 0 Å². The monoisotopic (exact) mass is 409 g/mol. The molecule has 0 amide bonds. The van der Waals surface area contributed by atoms with Gasteiger partial charge in [0, 0.05) is 11.6 Å². The zero-order valence-electron chi connectivity index (χ0n) is 15.8. The van der Waals surface area contributed by atoms with Crippen LogP contribution in [0.3, 0.4) is 0 Å². The van der Waals surface area contributed by atoms with Crippen molar-refractivity contribution in [3.05, 3.63) is 76.4 Å². The number of hydrogen-bond donors (Lipinski definition) is 1. The molecule has 0 aromatic heterocycles. The normalized spacial score (nSPS) is 16.6. The highest BCUT2D eigenvalue weighted by Gasteiger charge is 2.38. The molecule has 1 unspecified atom stereocenters. The molecule has 1 heterocycles. The Labute approximate surface area is 165 Å². The Morgan fingerprint density at radius 2 is 1.83 bits per heavy atom. The Morgan fingerprint density at radius 1 is 1.17 bits per heavy atom. The number of alkyl halides is 3.